The molecule has 0 bridgehead atoms. The van der Waals surface area contributed by atoms with Gasteiger partial charge in [0, 0.05) is 5.54 Å². The second-order valence-electron chi connectivity index (χ2n) is 5.04. The minimum Gasteiger partial charge on any atom is -0.225 e. The van der Waals surface area contributed by atoms with Gasteiger partial charge in [0.15, 0.2) is 0 Å². The number of benzene rings is 1. The van der Waals surface area contributed by atoms with Crippen molar-refractivity contribution in [1.82, 2.24) is 4.72 Å². The van der Waals surface area contributed by atoms with Gasteiger partial charge in [-0.25, -0.2) is 26.7 Å². The van der Waals surface area contributed by atoms with Crippen LogP contribution in [0.5, 0.6) is 0 Å². The van der Waals surface area contributed by atoms with Crippen LogP contribution in [0.4, 0.5) is 0 Å². The number of nitrogens with one attached hydrogen (secondary N) is 1. The Morgan fingerprint density at radius 2 is 1.74 bits per heavy atom. The topological polar surface area (TPSA) is 106 Å². The van der Waals surface area contributed by atoms with Crippen molar-refractivity contribution in [2.75, 3.05) is 0 Å². The first-order valence-corrected chi connectivity index (χ1v) is 8.82. The first-order chi connectivity index (χ1) is 8.62. The number of sulfonamides is 2. The monoisotopic (exact) mass is 304 g/mol. The van der Waals surface area contributed by atoms with Crippen LogP contribution in [0.15, 0.2) is 34.1 Å². The summed E-state index contributed by atoms with van der Waals surface area (Å²) in [5.41, 5.74) is -0.434. The van der Waals surface area contributed by atoms with E-state index in [1.54, 1.807) is 0 Å². The van der Waals surface area contributed by atoms with E-state index in [-0.39, 0.29) is 9.79 Å². The van der Waals surface area contributed by atoms with E-state index < -0.39 is 25.6 Å². The van der Waals surface area contributed by atoms with Crippen molar-refractivity contribution in [3.8, 4) is 0 Å². The molecule has 3 N–H and O–H groups in total. The molecule has 1 aliphatic rings. The zero-order valence-electron chi connectivity index (χ0n) is 10.5. The van der Waals surface area contributed by atoms with E-state index in [0.717, 1.165) is 25.3 Å². The summed E-state index contributed by atoms with van der Waals surface area (Å²) in [5, 5.41) is 4.99. The van der Waals surface area contributed by atoms with Gasteiger partial charge in [-0.1, -0.05) is 6.07 Å². The third kappa shape index (κ3) is 3.14. The smallest absolute Gasteiger partial charge is 0.225 e. The van der Waals surface area contributed by atoms with Crippen LogP contribution in [-0.4, -0.2) is 22.4 Å². The van der Waals surface area contributed by atoms with Crippen LogP contribution in [-0.2, 0) is 20.0 Å². The van der Waals surface area contributed by atoms with Crippen molar-refractivity contribution in [1.29, 1.82) is 0 Å². The highest BCUT2D eigenvalue weighted by Gasteiger charge is 2.36. The van der Waals surface area contributed by atoms with E-state index in [1.807, 2.05) is 6.92 Å². The predicted molar refractivity (Wildman–Crippen MR) is 70.4 cm³/mol. The van der Waals surface area contributed by atoms with Gasteiger partial charge in [0.25, 0.3) is 0 Å². The maximum absolute atomic E-state index is 12.2. The van der Waals surface area contributed by atoms with Crippen molar-refractivity contribution >= 4 is 20.0 Å². The zero-order valence-corrected chi connectivity index (χ0v) is 12.1. The molecule has 0 unspecified atom stereocenters. The maximum atomic E-state index is 12.2. The fraction of sp³-hybridized carbons (Fsp3) is 0.455. The molecule has 19 heavy (non-hydrogen) atoms. The van der Waals surface area contributed by atoms with E-state index in [0.29, 0.717) is 0 Å². The van der Waals surface area contributed by atoms with Crippen molar-refractivity contribution in [3.05, 3.63) is 24.3 Å². The lowest BCUT2D eigenvalue weighted by atomic mass is 9.80. The Bertz CT molecular complexity index is 691. The molecular formula is C11H16N2O4S2. The SMILES string of the molecule is CC1(NS(=O)(=O)c2cccc(S(N)(=O)=O)c2)CCC1. The Morgan fingerprint density at radius 1 is 1.16 bits per heavy atom. The Morgan fingerprint density at radius 3 is 2.21 bits per heavy atom. The quantitative estimate of drug-likeness (QED) is 0.847. The molecule has 0 heterocycles. The van der Waals surface area contributed by atoms with Crippen molar-refractivity contribution < 1.29 is 16.8 Å². The molecule has 0 saturated heterocycles. The summed E-state index contributed by atoms with van der Waals surface area (Å²) in [6, 6.07) is 5.04. The lowest BCUT2D eigenvalue weighted by Gasteiger charge is -2.38. The molecule has 2 rings (SSSR count). The Hall–Kier alpha value is -0.960. The van der Waals surface area contributed by atoms with Crippen LogP contribution in [0, 0.1) is 0 Å². The van der Waals surface area contributed by atoms with E-state index in [1.165, 1.54) is 18.2 Å². The first-order valence-electron chi connectivity index (χ1n) is 5.79. The van der Waals surface area contributed by atoms with Crippen molar-refractivity contribution in [3.63, 3.8) is 0 Å². The summed E-state index contributed by atoms with van der Waals surface area (Å²) in [4.78, 5) is -0.304. The fourth-order valence-corrected chi connectivity index (χ4v) is 4.16. The third-order valence-corrected chi connectivity index (χ3v) is 5.83. The minimum absolute atomic E-state index is 0.0906. The van der Waals surface area contributed by atoms with Gasteiger partial charge >= 0.3 is 0 Å². The molecule has 0 amide bonds. The summed E-state index contributed by atoms with van der Waals surface area (Å²) in [7, 11) is -7.64. The zero-order chi connectivity index (χ0) is 14.3. The molecule has 1 fully saturated rings. The summed E-state index contributed by atoms with van der Waals surface area (Å²) in [5.74, 6) is 0. The summed E-state index contributed by atoms with van der Waals surface area (Å²) >= 11 is 0. The average Bonchev–Trinajstić information content (AvgIpc) is 2.25. The first kappa shape index (κ1) is 14.4. The fourth-order valence-electron chi connectivity index (χ4n) is 2.01. The van der Waals surface area contributed by atoms with Gasteiger partial charge in [0.05, 0.1) is 9.79 Å². The highest BCUT2D eigenvalue weighted by molar-refractivity contribution is 7.90. The molecular weight excluding hydrogens is 288 g/mol. The van der Waals surface area contributed by atoms with Gasteiger partial charge in [-0.05, 0) is 44.4 Å². The van der Waals surface area contributed by atoms with E-state index in [4.69, 9.17) is 5.14 Å². The molecule has 106 valence electrons. The lowest BCUT2D eigenvalue weighted by molar-refractivity contribution is 0.248. The number of hydrogen-bond acceptors (Lipinski definition) is 4. The third-order valence-electron chi connectivity index (χ3n) is 3.28. The largest absolute Gasteiger partial charge is 0.241 e. The van der Waals surface area contributed by atoms with E-state index in [9.17, 15) is 16.8 Å². The van der Waals surface area contributed by atoms with Crippen LogP contribution < -0.4 is 9.86 Å². The average molecular weight is 304 g/mol. The van der Waals surface area contributed by atoms with Crippen LogP contribution in [0.1, 0.15) is 26.2 Å². The van der Waals surface area contributed by atoms with Crippen LogP contribution in [0.2, 0.25) is 0 Å². The predicted octanol–water partition coefficient (Wildman–Crippen LogP) is 0.555. The summed E-state index contributed by atoms with van der Waals surface area (Å²) in [6.07, 6.45) is 2.54. The lowest BCUT2D eigenvalue weighted by Crippen LogP contribution is -2.50. The molecule has 1 aliphatic carbocycles. The second kappa shape index (κ2) is 4.55. The molecule has 6 nitrogen and oxygen atoms in total. The summed E-state index contributed by atoms with van der Waals surface area (Å²) in [6.45, 7) is 1.83. The molecule has 1 aromatic carbocycles. The maximum Gasteiger partial charge on any atom is 0.241 e. The number of rotatable bonds is 4. The number of nitrogens with two attached hydrogens (primary N) is 1. The number of hydrogen-bond donors (Lipinski definition) is 2. The van der Waals surface area contributed by atoms with E-state index >= 15 is 0 Å². The highest BCUT2D eigenvalue weighted by Crippen LogP contribution is 2.32. The van der Waals surface area contributed by atoms with Gasteiger partial charge < -0.3 is 0 Å². The molecule has 0 radical (unpaired) electrons. The molecule has 0 aliphatic heterocycles. The molecule has 0 spiro atoms. The van der Waals surface area contributed by atoms with Gasteiger partial charge in [0.2, 0.25) is 20.0 Å². The van der Waals surface area contributed by atoms with Gasteiger partial charge in [-0.3, -0.25) is 0 Å². The van der Waals surface area contributed by atoms with Crippen LogP contribution in [0.25, 0.3) is 0 Å². The Kier molecular flexibility index (Phi) is 3.46. The molecule has 0 atom stereocenters. The standard InChI is InChI=1S/C11H16N2O4S2/c1-11(6-3-7-11)13-19(16,17)10-5-2-4-9(8-10)18(12,14)15/h2,4-5,8,13H,3,6-7H2,1H3,(H2,12,14,15). The molecule has 8 heteroatoms. The molecule has 1 saturated carbocycles. The van der Waals surface area contributed by atoms with Crippen LogP contribution >= 0.6 is 0 Å². The second-order valence-corrected chi connectivity index (χ2v) is 8.28. The van der Waals surface area contributed by atoms with Gasteiger partial charge in [-0.2, -0.15) is 0 Å². The van der Waals surface area contributed by atoms with E-state index in [2.05, 4.69) is 4.72 Å². The molecule has 0 aromatic heterocycles. The highest BCUT2D eigenvalue weighted by atomic mass is 32.2. The van der Waals surface area contributed by atoms with Crippen molar-refractivity contribution in [2.24, 2.45) is 5.14 Å². The summed E-state index contributed by atoms with van der Waals surface area (Å²) < 4.78 is 49.4. The number of primary sulfonamides is 1. The normalized spacial score (nSPS) is 18.8. The minimum atomic E-state index is -3.91. The molecule has 1 aromatic rings. The van der Waals surface area contributed by atoms with Crippen molar-refractivity contribution in [2.45, 2.75) is 41.5 Å². The van der Waals surface area contributed by atoms with Gasteiger partial charge in [0.1, 0.15) is 0 Å². The Labute approximate surface area is 113 Å². The van der Waals surface area contributed by atoms with Crippen LogP contribution in [0.3, 0.4) is 0 Å². The Balaban J connectivity index is 2.36. The van der Waals surface area contributed by atoms with Gasteiger partial charge in [-0.15, -0.1) is 0 Å².